The Labute approximate surface area is 176 Å². The zero-order chi connectivity index (χ0) is 21.6. The van der Waals surface area contributed by atoms with E-state index in [0.29, 0.717) is 17.9 Å². The molecule has 5 rings (SSSR count). The molecule has 2 aliphatic rings. The van der Waals surface area contributed by atoms with Gasteiger partial charge in [0.2, 0.25) is 5.91 Å². The molecule has 1 fully saturated rings. The summed E-state index contributed by atoms with van der Waals surface area (Å²) < 4.78 is 43.6. The SMILES string of the molecule is O=C1CC(c2noc(-c3ccc(C(F)(F)F)cc3)n2)CN1c1cccc2c1CCCC2. The molecule has 1 aliphatic heterocycles. The van der Waals surface area contributed by atoms with Gasteiger partial charge in [-0.3, -0.25) is 4.79 Å². The largest absolute Gasteiger partial charge is 0.416 e. The first kappa shape index (κ1) is 19.8. The van der Waals surface area contributed by atoms with Crippen molar-refractivity contribution in [1.82, 2.24) is 10.1 Å². The van der Waals surface area contributed by atoms with Gasteiger partial charge in [-0.25, -0.2) is 0 Å². The summed E-state index contributed by atoms with van der Waals surface area (Å²) in [6.07, 6.45) is 0.175. The van der Waals surface area contributed by atoms with Gasteiger partial charge in [-0.1, -0.05) is 17.3 Å². The fourth-order valence-electron chi connectivity index (χ4n) is 4.45. The number of aromatic nitrogens is 2. The molecule has 0 spiro atoms. The van der Waals surface area contributed by atoms with Crippen molar-refractivity contribution in [2.45, 2.75) is 44.2 Å². The van der Waals surface area contributed by atoms with Crippen LogP contribution >= 0.6 is 0 Å². The van der Waals surface area contributed by atoms with Crippen LogP contribution in [0.4, 0.5) is 18.9 Å². The van der Waals surface area contributed by atoms with E-state index < -0.39 is 11.7 Å². The number of hydrogen-bond acceptors (Lipinski definition) is 4. The Hall–Kier alpha value is -3.16. The lowest BCUT2D eigenvalue weighted by Crippen LogP contribution is -2.26. The molecule has 160 valence electrons. The summed E-state index contributed by atoms with van der Waals surface area (Å²) in [5, 5.41) is 4.01. The molecule has 0 bridgehead atoms. The summed E-state index contributed by atoms with van der Waals surface area (Å²) in [4.78, 5) is 19.0. The van der Waals surface area contributed by atoms with Gasteiger partial charge in [-0.2, -0.15) is 18.2 Å². The minimum Gasteiger partial charge on any atom is -0.334 e. The maximum absolute atomic E-state index is 12.8. The van der Waals surface area contributed by atoms with Crippen LogP contribution in [0.2, 0.25) is 0 Å². The zero-order valence-corrected chi connectivity index (χ0v) is 16.7. The highest BCUT2D eigenvalue weighted by atomic mass is 19.4. The number of alkyl halides is 3. The normalized spacial score (nSPS) is 19.0. The Bertz CT molecular complexity index is 1120. The van der Waals surface area contributed by atoms with Crippen LogP contribution in [0.1, 0.15) is 47.7 Å². The topological polar surface area (TPSA) is 59.2 Å². The average molecular weight is 427 g/mol. The Kier molecular flexibility index (Phi) is 4.79. The third-order valence-corrected chi connectivity index (χ3v) is 6.05. The molecule has 8 heteroatoms. The number of aryl methyl sites for hydroxylation is 1. The Morgan fingerprint density at radius 1 is 1.03 bits per heavy atom. The highest BCUT2D eigenvalue weighted by Crippen LogP contribution is 2.37. The number of halogens is 3. The Morgan fingerprint density at radius 2 is 1.81 bits per heavy atom. The first-order valence-electron chi connectivity index (χ1n) is 10.3. The van der Waals surface area contributed by atoms with E-state index in [0.717, 1.165) is 37.1 Å². The third kappa shape index (κ3) is 3.71. The highest BCUT2D eigenvalue weighted by molar-refractivity contribution is 5.97. The number of anilines is 1. The van der Waals surface area contributed by atoms with E-state index in [1.54, 1.807) is 0 Å². The predicted molar refractivity (Wildman–Crippen MR) is 108 cm³/mol. The molecule has 5 nitrogen and oxygen atoms in total. The minimum absolute atomic E-state index is 0.0184. The van der Waals surface area contributed by atoms with Gasteiger partial charge in [-0.15, -0.1) is 0 Å². The van der Waals surface area contributed by atoms with Crippen LogP contribution in [0.25, 0.3) is 11.5 Å². The molecule has 1 aliphatic carbocycles. The van der Waals surface area contributed by atoms with E-state index in [9.17, 15) is 18.0 Å². The number of rotatable bonds is 3. The molecule has 2 heterocycles. The second kappa shape index (κ2) is 7.51. The third-order valence-electron chi connectivity index (χ3n) is 6.05. The second-order valence-electron chi connectivity index (χ2n) is 8.06. The van der Waals surface area contributed by atoms with E-state index in [1.165, 1.54) is 29.7 Å². The van der Waals surface area contributed by atoms with Crippen LogP contribution in [-0.2, 0) is 23.8 Å². The lowest BCUT2D eigenvalue weighted by molar-refractivity contribution is -0.137. The van der Waals surface area contributed by atoms with E-state index in [-0.39, 0.29) is 24.1 Å². The molecule has 0 radical (unpaired) electrons. The van der Waals surface area contributed by atoms with Gasteiger partial charge in [0.25, 0.3) is 5.89 Å². The van der Waals surface area contributed by atoms with Crippen LogP contribution in [0.15, 0.2) is 47.0 Å². The van der Waals surface area contributed by atoms with Crippen molar-refractivity contribution in [1.29, 1.82) is 0 Å². The maximum atomic E-state index is 12.8. The van der Waals surface area contributed by atoms with Crippen LogP contribution in [0.5, 0.6) is 0 Å². The summed E-state index contributed by atoms with van der Waals surface area (Å²) in [5.41, 5.74) is 3.20. The summed E-state index contributed by atoms with van der Waals surface area (Å²) in [5.74, 6) is 0.339. The molecule has 0 N–H and O–H groups in total. The number of nitrogens with zero attached hydrogens (tertiary/aromatic N) is 3. The van der Waals surface area contributed by atoms with Crippen LogP contribution in [0, 0.1) is 0 Å². The van der Waals surface area contributed by atoms with Crippen molar-refractivity contribution in [2.75, 3.05) is 11.4 Å². The molecule has 1 saturated heterocycles. The van der Waals surface area contributed by atoms with Crippen LogP contribution in [0.3, 0.4) is 0 Å². The van der Waals surface area contributed by atoms with Gasteiger partial charge >= 0.3 is 6.18 Å². The summed E-state index contributed by atoms with van der Waals surface area (Å²) >= 11 is 0. The number of carbonyl (C=O) groups excluding carboxylic acids is 1. The lowest BCUT2D eigenvalue weighted by Gasteiger charge is -2.25. The standard InChI is InChI=1S/C23H20F3N3O2/c24-23(25,26)17-10-8-15(9-11-17)22-27-21(28-31-22)16-12-20(30)29(13-16)19-7-3-5-14-4-1-2-6-18(14)19/h3,5,7-11,16H,1-2,4,6,12-13H2. The zero-order valence-electron chi connectivity index (χ0n) is 16.7. The van der Waals surface area contributed by atoms with Crippen molar-refractivity contribution >= 4 is 11.6 Å². The predicted octanol–water partition coefficient (Wildman–Crippen LogP) is 5.15. The Balaban J connectivity index is 1.36. The smallest absolute Gasteiger partial charge is 0.334 e. The lowest BCUT2D eigenvalue weighted by atomic mass is 9.90. The van der Waals surface area contributed by atoms with E-state index in [1.807, 2.05) is 17.0 Å². The number of amides is 1. The van der Waals surface area contributed by atoms with Crippen molar-refractivity contribution in [3.63, 3.8) is 0 Å². The summed E-state index contributed by atoms with van der Waals surface area (Å²) in [7, 11) is 0. The molecule has 3 aromatic rings. The van der Waals surface area contributed by atoms with E-state index in [2.05, 4.69) is 16.2 Å². The van der Waals surface area contributed by atoms with Crippen molar-refractivity contribution in [3.8, 4) is 11.5 Å². The molecular weight excluding hydrogens is 407 g/mol. The quantitative estimate of drug-likeness (QED) is 0.580. The average Bonchev–Trinajstić information content (AvgIpc) is 3.40. The van der Waals surface area contributed by atoms with Crippen LogP contribution < -0.4 is 4.90 Å². The van der Waals surface area contributed by atoms with Gasteiger partial charge in [0.15, 0.2) is 5.82 Å². The number of fused-ring (bicyclic) bond motifs is 1. The van der Waals surface area contributed by atoms with Gasteiger partial charge in [0, 0.05) is 30.1 Å². The van der Waals surface area contributed by atoms with Gasteiger partial charge in [-0.05, 0) is 67.1 Å². The Morgan fingerprint density at radius 3 is 2.58 bits per heavy atom. The molecule has 31 heavy (non-hydrogen) atoms. The summed E-state index contributed by atoms with van der Waals surface area (Å²) in [6.45, 7) is 0.460. The number of hydrogen-bond donors (Lipinski definition) is 0. The monoisotopic (exact) mass is 427 g/mol. The van der Waals surface area contributed by atoms with Crippen molar-refractivity contribution in [3.05, 3.63) is 65.0 Å². The molecule has 2 aromatic carbocycles. The molecule has 0 saturated carbocycles. The van der Waals surface area contributed by atoms with Crippen molar-refractivity contribution in [2.24, 2.45) is 0 Å². The van der Waals surface area contributed by atoms with Gasteiger partial charge in [0.1, 0.15) is 0 Å². The fourth-order valence-corrected chi connectivity index (χ4v) is 4.45. The fraction of sp³-hybridized carbons (Fsp3) is 0.348. The number of benzene rings is 2. The first-order chi connectivity index (χ1) is 14.9. The molecule has 1 amide bonds. The highest BCUT2D eigenvalue weighted by Gasteiger charge is 2.36. The molecule has 1 atom stereocenters. The van der Waals surface area contributed by atoms with Crippen LogP contribution in [-0.4, -0.2) is 22.6 Å². The second-order valence-corrected chi connectivity index (χ2v) is 8.06. The maximum Gasteiger partial charge on any atom is 0.416 e. The van der Waals surface area contributed by atoms with Gasteiger partial charge in [0.05, 0.1) is 5.56 Å². The molecule has 1 unspecified atom stereocenters. The molecular formula is C23H20F3N3O2. The van der Waals surface area contributed by atoms with Gasteiger partial charge < -0.3 is 9.42 Å². The molecule has 1 aromatic heterocycles. The first-order valence-corrected chi connectivity index (χ1v) is 10.3. The summed E-state index contributed by atoms with van der Waals surface area (Å²) in [6, 6.07) is 10.7. The van der Waals surface area contributed by atoms with E-state index in [4.69, 9.17) is 4.52 Å². The minimum atomic E-state index is -4.40. The van der Waals surface area contributed by atoms with E-state index >= 15 is 0 Å². The van der Waals surface area contributed by atoms with Crippen molar-refractivity contribution < 1.29 is 22.5 Å². The number of carbonyl (C=O) groups is 1.